The van der Waals surface area contributed by atoms with Crippen LogP contribution in [0.4, 0.5) is 0 Å². The average Bonchev–Trinajstić information content (AvgIpc) is 3.13. The van der Waals surface area contributed by atoms with E-state index >= 15 is 0 Å². The van der Waals surface area contributed by atoms with Crippen LogP contribution in [-0.2, 0) is 13.6 Å². The molecule has 0 N–H and O–H groups in total. The molecule has 1 saturated carbocycles. The summed E-state index contributed by atoms with van der Waals surface area (Å²) in [6, 6.07) is 4.58. The first-order valence-corrected chi connectivity index (χ1v) is 10.1. The fourth-order valence-electron chi connectivity index (χ4n) is 4.61. The fourth-order valence-corrected chi connectivity index (χ4v) is 4.61. The Morgan fingerprint density at radius 2 is 1.88 bits per heavy atom. The van der Waals surface area contributed by atoms with Crippen molar-refractivity contribution in [1.29, 1.82) is 0 Å². The summed E-state index contributed by atoms with van der Waals surface area (Å²) >= 11 is 0. The molecule has 5 heteroatoms. The molecule has 1 aliphatic heterocycles. The second-order valence-corrected chi connectivity index (χ2v) is 8.04. The summed E-state index contributed by atoms with van der Waals surface area (Å²) in [7, 11) is 1.81. The highest BCUT2D eigenvalue weighted by Gasteiger charge is 2.23. The van der Waals surface area contributed by atoms with E-state index in [9.17, 15) is 4.79 Å². The molecule has 26 heavy (non-hydrogen) atoms. The topological polar surface area (TPSA) is 43.1 Å². The molecule has 0 amide bonds. The Morgan fingerprint density at radius 3 is 2.62 bits per heavy atom. The Hall–Kier alpha value is -1.88. The molecule has 2 aromatic rings. The van der Waals surface area contributed by atoms with Gasteiger partial charge in [-0.1, -0.05) is 19.3 Å². The number of piperidine rings is 1. The summed E-state index contributed by atoms with van der Waals surface area (Å²) in [6.45, 7) is 3.19. The Morgan fingerprint density at radius 1 is 1.12 bits per heavy atom. The van der Waals surface area contributed by atoms with E-state index in [1.807, 2.05) is 25.6 Å². The molecule has 0 radical (unpaired) electrons. The van der Waals surface area contributed by atoms with Gasteiger partial charge < -0.3 is 9.13 Å². The molecule has 0 bridgehead atoms. The number of aryl methyl sites for hydroxylation is 1. The summed E-state index contributed by atoms with van der Waals surface area (Å²) in [5, 5.41) is 0. The number of hydrogen-bond acceptors (Lipinski definition) is 3. The van der Waals surface area contributed by atoms with E-state index in [4.69, 9.17) is 0 Å². The Kier molecular flexibility index (Phi) is 5.25. The lowest BCUT2D eigenvalue weighted by Gasteiger charge is -2.33. The van der Waals surface area contributed by atoms with Crippen molar-refractivity contribution in [3.8, 4) is 0 Å². The van der Waals surface area contributed by atoms with Gasteiger partial charge in [-0.05, 0) is 56.3 Å². The molecular weight excluding hydrogens is 324 g/mol. The quantitative estimate of drug-likeness (QED) is 0.844. The second-order valence-electron chi connectivity index (χ2n) is 8.04. The van der Waals surface area contributed by atoms with Crippen LogP contribution in [0.5, 0.6) is 0 Å². The van der Waals surface area contributed by atoms with Crippen molar-refractivity contribution in [2.45, 2.75) is 63.5 Å². The molecule has 140 valence electrons. The smallest absolute Gasteiger partial charge is 0.250 e. The second kappa shape index (κ2) is 7.78. The molecule has 0 spiro atoms. The lowest BCUT2D eigenvalue weighted by atomic mass is 9.90. The third kappa shape index (κ3) is 3.78. The standard InChI is InChI=1S/C21H30N4O/c1-23-10-7-18(13-21(23)26)17-8-11-24(12-9-17)15-20-14-22-16-25(20)19-5-3-2-4-6-19/h7,10,13-14,16-17,19H,2-6,8-9,11-12,15H2,1H3. The Balaban J connectivity index is 1.36. The summed E-state index contributed by atoms with van der Waals surface area (Å²) < 4.78 is 4.08. The van der Waals surface area contributed by atoms with Gasteiger partial charge >= 0.3 is 0 Å². The van der Waals surface area contributed by atoms with E-state index in [2.05, 4.69) is 26.7 Å². The van der Waals surface area contributed by atoms with Crippen molar-refractivity contribution in [1.82, 2.24) is 19.0 Å². The van der Waals surface area contributed by atoms with E-state index in [0.29, 0.717) is 12.0 Å². The highest BCUT2D eigenvalue weighted by atomic mass is 16.1. The first-order valence-electron chi connectivity index (χ1n) is 10.1. The van der Waals surface area contributed by atoms with Gasteiger partial charge in [-0.2, -0.15) is 0 Å². The molecule has 0 unspecified atom stereocenters. The first kappa shape index (κ1) is 17.5. The third-order valence-corrected chi connectivity index (χ3v) is 6.29. The minimum atomic E-state index is 0.0984. The minimum Gasteiger partial charge on any atom is -0.330 e. The molecule has 2 aromatic heterocycles. The van der Waals surface area contributed by atoms with Gasteiger partial charge in [0.25, 0.3) is 5.56 Å². The number of likely N-dealkylation sites (tertiary alicyclic amines) is 1. The minimum absolute atomic E-state index is 0.0984. The van der Waals surface area contributed by atoms with Gasteiger partial charge in [0.2, 0.25) is 0 Å². The average molecular weight is 354 g/mol. The Bertz CT molecular complexity index is 779. The van der Waals surface area contributed by atoms with E-state index in [0.717, 1.165) is 32.5 Å². The SMILES string of the molecule is Cn1ccc(C2CCN(Cc3cncn3C3CCCCC3)CC2)cc1=O. The van der Waals surface area contributed by atoms with Gasteiger partial charge in [-0.15, -0.1) is 0 Å². The summed E-state index contributed by atoms with van der Waals surface area (Å²) in [5.74, 6) is 0.517. The predicted molar refractivity (Wildman–Crippen MR) is 103 cm³/mol. The van der Waals surface area contributed by atoms with Crippen molar-refractivity contribution in [3.05, 3.63) is 52.5 Å². The van der Waals surface area contributed by atoms with Crippen molar-refractivity contribution in [2.75, 3.05) is 13.1 Å². The van der Waals surface area contributed by atoms with Crippen molar-refractivity contribution < 1.29 is 0 Å². The van der Waals surface area contributed by atoms with Crippen LogP contribution in [0.2, 0.25) is 0 Å². The van der Waals surface area contributed by atoms with Crippen LogP contribution in [0.1, 0.15) is 68.2 Å². The van der Waals surface area contributed by atoms with Crippen LogP contribution in [0, 0.1) is 0 Å². The monoisotopic (exact) mass is 354 g/mol. The van der Waals surface area contributed by atoms with E-state index < -0.39 is 0 Å². The van der Waals surface area contributed by atoms with Crippen LogP contribution in [0.15, 0.2) is 35.6 Å². The summed E-state index contributed by atoms with van der Waals surface area (Å²) in [5.41, 5.74) is 2.67. The number of imidazole rings is 1. The van der Waals surface area contributed by atoms with Gasteiger partial charge in [0, 0.05) is 38.1 Å². The highest BCUT2D eigenvalue weighted by molar-refractivity contribution is 5.17. The lowest BCUT2D eigenvalue weighted by Crippen LogP contribution is -2.33. The molecule has 1 aliphatic carbocycles. The fraction of sp³-hybridized carbons (Fsp3) is 0.619. The predicted octanol–water partition coefficient (Wildman–Crippen LogP) is 3.47. The largest absolute Gasteiger partial charge is 0.330 e. The van der Waals surface area contributed by atoms with Crippen molar-refractivity contribution in [2.24, 2.45) is 7.05 Å². The molecule has 3 heterocycles. The summed E-state index contributed by atoms with van der Waals surface area (Å²) in [4.78, 5) is 18.9. The van der Waals surface area contributed by atoms with Crippen LogP contribution in [0.3, 0.4) is 0 Å². The maximum Gasteiger partial charge on any atom is 0.250 e. The van der Waals surface area contributed by atoms with Crippen molar-refractivity contribution >= 4 is 0 Å². The van der Waals surface area contributed by atoms with Gasteiger partial charge in [-0.3, -0.25) is 9.69 Å². The number of pyridine rings is 1. The number of nitrogens with zero attached hydrogens (tertiary/aromatic N) is 4. The van der Waals surface area contributed by atoms with E-state index in [1.54, 1.807) is 4.57 Å². The maximum absolute atomic E-state index is 11.9. The normalized spacial score (nSPS) is 20.5. The molecule has 0 aromatic carbocycles. The zero-order valence-corrected chi connectivity index (χ0v) is 15.8. The van der Waals surface area contributed by atoms with E-state index in [1.165, 1.54) is 43.4 Å². The van der Waals surface area contributed by atoms with Gasteiger partial charge in [0.15, 0.2) is 0 Å². The zero-order chi connectivity index (χ0) is 17.9. The first-order chi connectivity index (χ1) is 12.7. The molecule has 5 nitrogen and oxygen atoms in total. The van der Waals surface area contributed by atoms with Crippen molar-refractivity contribution in [3.63, 3.8) is 0 Å². The highest BCUT2D eigenvalue weighted by Crippen LogP contribution is 2.31. The van der Waals surface area contributed by atoms with E-state index in [-0.39, 0.29) is 5.56 Å². The van der Waals surface area contributed by atoms with Crippen LogP contribution in [-0.4, -0.2) is 32.1 Å². The molecule has 2 aliphatic rings. The maximum atomic E-state index is 11.9. The summed E-state index contributed by atoms with van der Waals surface area (Å²) in [6.07, 6.45) is 14.9. The molecular formula is C21H30N4O. The molecule has 2 fully saturated rings. The van der Waals surface area contributed by atoms with Gasteiger partial charge in [-0.25, -0.2) is 4.98 Å². The zero-order valence-electron chi connectivity index (χ0n) is 15.8. The third-order valence-electron chi connectivity index (χ3n) is 6.29. The van der Waals surface area contributed by atoms with Crippen LogP contribution >= 0.6 is 0 Å². The van der Waals surface area contributed by atoms with Gasteiger partial charge in [0.1, 0.15) is 0 Å². The molecule has 1 saturated heterocycles. The molecule has 4 rings (SSSR count). The van der Waals surface area contributed by atoms with Crippen LogP contribution < -0.4 is 5.56 Å². The van der Waals surface area contributed by atoms with Gasteiger partial charge in [0.05, 0.1) is 12.0 Å². The van der Waals surface area contributed by atoms with Crippen LogP contribution in [0.25, 0.3) is 0 Å². The Labute approximate surface area is 155 Å². The number of rotatable bonds is 4. The lowest BCUT2D eigenvalue weighted by molar-refractivity contribution is 0.197. The molecule has 0 atom stereocenters. The number of hydrogen-bond donors (Lipinski definition) is 0. The number of aromatic nitrogens is 3.